The van der Waals surface area contributed by atoms with Crippen LogP contribution >= 0.6 is 11.3 Å². The second-order valence-electron chi connectivity index (χ2n) is 7.29. The van der Waals surface area contributed by atoms with E-state index in [9.17, 15) is 14.4 Å². The van der Waals surface area contributed by atoms with Gasteiger partial charge < -0.3 is 14.6 Å². The maximum atomic E-state index is 13.1. The van der Waals surface area contributed by atoms with E-state index in [0.29, 0.717) is 22.0 Å². The van der Waals surface area contributed by atoms with Crippen LogP contribution in [-0.2, 0) is 28.1 Å². The molecule has 9 heteroatoms. The van der Waals surface area contributed by atoms with Crippen LogP contribution in [0.1, 0.15) is 23.4 Å². The SMILES string of the molecule is CN(C)C(=O)Cc1nc(CN2C(=O)NC(C)(c3cc4ccccc4o3)C2=O)cs1. The predicted molar refractivity (Wildman–Crippen MR) is 107 cm³/mol. The molecular weight excluding hydrogens is 392 g/mol. The molecule has 3 heterocycles. The monoisotopic (exact) mass is 412 g/mol. The van der Waals surface area contributed by atoms with Gasteiger partial charge in [-0.15, -0.1) is 11.3 Å². The molecule has 0 bridgehead atoms. The molecule has 2 aromatic heterocycles. The standard InChI is InChI=1S/C20H20N4O4S/c1-20(15-8-12-6-4-5-7-14(12)28-15)18(26)24(19(27)22-20)10-13-11-29-16(21-13)9-17(25)23(2)3/h4-8,11H,9-10H2,1-3H3,(H,22,27). The van der Waals surface area contributed by atoms with E-state index >= 15 is 0 Å². The zero-order chi connectivity index (χ0) is 20.8. The van der Waals surface area contributed by atoms with Crippen molar-refractivity contribution in [1.29, 1.82) is 0 Å². The number of rotatable bonds is 5. The molecular formula is C20H20N4O4S. The summed E-state index contributed by atoms with van der Waals surface area (Å²) in [7, 11) is 3.37. The molecule has 1 aliphatic heterocycles. The first kappa shape index (κ1) is 19.1. The molecule has 8 nitrogen and oxygen atoms in total. The van der Waals surface area contributed by atoms with Crippen LogP contribution in [0.25, 0.3) is 11.0 Å². The Bertz CT molecular complexity index is 1090. The number of carbonyl (C=O) groups is 3. The number of para-hydroxylation sites is 1. The number of likely N-dealkylation sites (N-methyl/N-ethyl adjacent to an activating group) is 1. The summed E-state index contributed by atoms with van der Waals surface area (Å²) in [4.78, 5) is 44.5. The minimum atomic E-state index is -1.28. The Balaban J connectivity index is 1.54. The molecule has 0 spiro atoms. The molecule has 1 aliphatic rings. The number of imide groups is 1. The largest absolute Gasteiger partial charge is 0.458 e. The van der Waals surface area contributed by atoms with Crippen LogP contribution in [0, 0.1) is 0 Å². The van der Waals surface area contributed by atoms with Crippen LogP contribution in [0.2, 0.25) is 0 Å². The van der Waals surface area contributed by atoms with Crippen molar-refractivity contribution < 1.29 is 18.8 Å². The van der Waals surface area contributed by atoms with Crippen LogP contribution in [0.5, 0.6) is 0 Å². The lowest BCUT2D eigenvalue weighted by Crippen LogP contribution is -2.40. The summed E-state index contributed by atoms with van der Waals surface area (Å²) in [5.74, 6) is -0.0751. The first-order valence-corrected chi connectivity index (χ1v) is 9.92. The van der Waals surface area contributed by atoms with Crippen LogP contribution in [0.4, 0.5) is 4.79 Å². The molecule has 1 aromatic carbocycles. The quantitative estimate of drug-likeness (QED) is 0.650. The number of aromatic nitrogens is 1. The van der Waals surface area contributed by atoms with Gasteiger partial charge in [0, 0.05) is 24.9 Å². The summed E-state index contributed by atoms with van der Waals surface area (Å²) in [6.07, 6.45) is 0.189. The van der Waals surface area contributed by atoms with E-state index in [-0.39, 0.29) is 18.9 Å². The van der Waals surface area contributed by atoms with E-state index in [2.05, 4.69) is 10.3 Å². The van der Waals surface area contributed by atoms with E-state index in [1.54, 1.807) is 32.5 Å². The van der Waals surface area contributed by atoms with E-state index in [1.165, 1.54) is 16.2 Å². The van der Waals surface area contributed by atoms with Crippen LogP contribution in [0.15, 0.2) is 40.1 Å². The number of hydrogen-bond donors (Lipinski definition) is 1. The van der Waals surface area contributed by atoms with Gasteiger partial charge in [0.15, 0.2) is 5.54 Å². The number of nitrogens with zero attached hydrogens (tertiary/aromatic N) is 3. The zero-order valence-corrected chi connectivity index (χ0v) is 17.1. The molecule has 1 saturated heterocycles. The van der Waals surface area contributed by atoms with Gasteiger partial charge in [-0.3, -0.25) is 14.5 Å². The normalized spacial score (nSPS) is 19.1. The molecule has 4 amide bonds. The van der Waals surface area contributed by atoms with Crippen molar-refractivity contribution in [2.75, 3.05) is 14.1 Å². The highest BCUT2D eigenvalue weighted by Crippen LogP contribution is 2.33. The summed E-state index contributed by atoms with van der Waals surface area (Å²) in [6.45, 7) is 1.67. The fourth-order valence-corrected chi connectivity index (χ4v) is 3.96. The Labute approximate surface area is 171 Å². The third-order valence-corrected chi connectivity index (χ3v) is 5.81. The summed E-state index contributed by atoms with van der Waals surface area (Å²) in [5, 5.41) is 6.00. The highest BCUT2D eigenvalue weighted by Gasteiger charge is 2.51. The van der Waals surface area contributed by atoms with E-state index in [1.807, 2.05) is 24.3 Å². The van der Waals surface area contributed by atoms with Gasteiger partial charge in [-0.05, 0) is 19.1 Å². The van der Waals surface area contributed by atoms with Gasteiger partial charge in [0.05, 0.1) is 18.7 Å². The molecule has 1 atom stereocenters. The maximum Gasteiger partial charge on any atom is 0.325 e. The minimum absolute atomic E-state index is 0.0349. The second-order valence-corrected chi connectivity index (χ2v) is 8.24. The number of nitrogens with one attached hydrogen (secondary N) is 1. The number of furan rings is 1. The van der Waals surface area contributed by atoms with Gasteiger partial charge >= 0.3 is 6.03 Å². The highest BCUT2D eigenvalue weighted by molar-refractivity contribution is 7.09. The van der Waals surface area contributed by atoms with Gasteiger partial charge in [-0.2, -0.15) is 0 Å². The number of carbonyl (C=O) groups excluding carboxylic acids is 3. The zero-order valence-electron chi connectivity index (χ0n) is 16.3. The predicted octanol–water partition coefficient (Wildman–Crippen LogP) is 2.49. The van der Waals surface area contributed by atoms with Gasteiger partial charge in [-0.1, -0.05) is 18.2 Å². The summed E-state index contributed by atoms with van der Waals surface area (Å²) < 4.78 is 5.82. The molecule has 4 rings (SSSR count). The number of urea groups is 1. The molecule has 0 saturated carbocycles. The van der Waals surface area contributed by atoms with Gasteiger partial charge in [0.1, 0.15) is 16.4 Å². The topological polar surface area (TPSA) is 95.8 Å². The summed E-state index contributed by atoms with van der Waals surface area (Å²) >= 11 is 1.33. The fourth-order valence-electron chi connectivity index (χ4n) is 3.19. The number of hydrogen-bond acceptors (Lipinski definition) is 6. The van der Waals surface area contributed by atoms with Crippen molar-refractivity contribution in [1.82, 2.24) is 20.1 Å². The number of thiazole rings is 1. The highest BCUT2D eigenvalue weighted by atomic mass is 32.1. The molecule has 1 N–H and O–H groups in total. The summed E-state index contributed by atoms with van der Waals surface area (Å²) in [5.41, 5.74) is -0.0663. The number of amides is 4. The average molecular weight is 412 g/mol. The smallest absolute Gasteiger partial charge is 0.325 e. The molecule has 1 unspecified atom stereocenters. The Kier molecular flexibility index (Phi) is 4.62. The molecule has 3 aromatic rings. The maximum absolute atomic E-state index is 13.1. The van der Waals surface area contributed by atoms with Crippen LogP contribution in [-0.4, -0.2) is 46.7 Å². The van der Waals surface area contributed by atoms with E-state index in [0.717, 1.165) is 10.3 Å². The minimum Gasteiger partial charge on any atom is -0.458 e. The van der Waals surface area contributed by atoms with Crippen molar-refractivity contribution >= 4 is 40.2 Å². The molecule has 29 heavy (non-hydrogen) atoms. The van der Waals surface area contributed by atoms with Gasteiger partial charge in [-0.25, -0.2) is 9.78 Å². The van der Waals surface area contributed by atoms with Crippen molar-refractivity contribution in [2.24, 2.45) is 0 Å². The first-order valence-electron chi connectivity index (χ1n) is 9.04. The molecule has 150 valence electrons. The van der Waals surface area contributed by atoms with Crippen LogP contribution in [0.3, 0.4) is 0 Å². The third-order valence-electron chi connectivity index (χ3n) is 4.91. The fraction of sp³-hybridized carbons (Fsp3) is 0.300. The van der Waals surface area contributed by atoms with Crippen molar-refractivity contribution in [3.05, 3.63) is 52.2 Å². The number of benzene rings is 1. The Morgan fingerprint density at radius 1 is 1.31 bits per heavy atom. The van der Waals surface area contributed by atoms with E-state index < -0.39 is 17.5 Å². The van der Waals surface area contributed by atoms with E-state index in [4.69, 9.17) is 4.42 Å². The number of fused-ring (bicyclic) bond motifs is 1. The summed E-state index contributed by atoms with van der Waals surface area (Å²) in [6, 6.07) is 8.69. The average Bonchev–Trinajstić information content (AvgIpc) is 3.36. The Hall–Kier alpha value is -3.20. The second kappa shape index (κ2) is 7.00. The molecule has 1 fully saturated rings. The van der Waals surface area contributed by atoms with Gasteiger partial charge in [0.2, 0.25) is 5.91 Å². The Morgan fingerprint density at radius 2 is 2.07 bits per heavy atom. The first-order chi connectivity index (χ1) is 13.8. The molecule has 0 aliphatic carbocycles. The van der Waals surface area contributed by atoms with Crippen molar-refractivity contribution in [3.63, 3.8) is 0 Å². The lowest BCUT2D eigenvalue weighted by molar-refractivity contribution is -0.132. The Morgan fingerprint density at radius 3 is 2.79 bits per heavy atom. The third kappa shape index (κ3) is 3.38. The van der Waals surface area contributed by atoms with Crippen LogP contribution < -0.4 is 5.32 Å². The lowest BCUT2D eigenvalue weighted by atomic mass is 9.99. The van der Waals surface area contributed by atoms with Gasteiger partial charge in [0.25, 0.3) is 5.91 Å². The lowest BCUT2D eigenvalue weighted by Gasteiger charge is -2.18. The van der Waals surface area contributed by atoms with Crippen molar-refractivity contribution in [2.45, 2.75) is 25.4 Å². The van der Waals surface area contributed by atoms with Crippen molar-refractivity contribution in [3.8, 4) is 0 Å². The molecule has 0 radical (unpaired) electrons.